The van der Waals surface area contributed by atoms with Crippen LogP contribution < -0.4 is 15.6 Å². The van der Waals surface area contributed by atoms with Gasteiger partial charge in [0.05, 0.1) is 25.1 Å². The molecule has 2 saturated heterocycles. The number of nitrogens with zero attached hydrogens (tertiary/aromatic N) is 3. The molecule has 138 valence electrons. The molecule has 0 spiro atoms. The summed E-state index contributed by atoms with van der Waals surface area (Å²) in [6.07, 6.45) is 1.85. The first-order valence-corrected chi connectivity index (χ1v) is 8.91. The van der Waals surface area contributed by atoms with Crippen molar-refractivity contribution in [2.24, 2.45) is 5.92 Å². The number of methoxy groups -OCH3 is 1. The summed E-state index contributed by atoms with van der Waals surface area (Å²) in [4.78, 5) is 15.3. The SMILES string of the molecule is COc1cccc(C2NNCC2C(=O)N2CCCC2c2nonc2C)c1. The number of benzene rings is 1. The third-order valence-electron chi connectivity index (χ3n) is 5.29. The molecule has 2 aliphatic rings. The van der Waals surface area contributed by atoms with Crippen LogP contribution in [0.25, 0.3) is 0 Å². The van der Waals surface area contributed by atoms with E-state index in [9.17, 15) is 4.79 Å². The first-order chi connectivity index (χ1) is 12.7. The van der Waals surface area contributed by atoms with E-state index in [2.05, 4.69) is 21.2 Å². The zero-order chi connectivity index (χ0) is 18.1. The number of likely N-dealkylation sites (tertiary alicyclic amines) is 1. The Morgan fingerprint density at radius 2 is 2.27 bits per heavy atom. The second-order valence-electron chi connectivity index (χ2n) is 6.81. The maximum absolute atomic E-state index is 13.3. The Morgan fingerprint density at radius 3 is 3.04 bits per heavy atom. The fourth-order valence-corrected chi connectivity index (χ4v) is 3.95. The van der Waals surface area contributed by atoms with E-state index in [-0.39, 0.29) is 23.9 Å². The van der Waals surface area contributed by atoms with Crippen LogP contribution in [0.5, 0.6) is 5.75 Å². The number of amides is 1. The molecule has 3 unspecified atom stereocenters. The number of hydrogen-bond donors (Lipinski definition) is 2. The first-order valence-electron chi connectivity index (χ1n) is 8.91. The molecule has 2 aromatic rings. The number of hydrazine groups is 1. The normalized spacial score (nSPS) is 25.6. The van der Waals surface area contributed by atoms with Crippen molar-refractivity contribution >= 4 is 5.91 Å². The quantitative estimate of drug-likeness (QED) is 0.857. The lowest BCUT2D eigenvalue weighted by molar-refractivity contribution is -0.136. The minimum Gasteiger partial charge on any atom is -0.497 e. The van der Waals surface area contributed by atoms with Gasteiger partial charge in [0.2, 0.25) is 5.91 Å². The fraction of sp³-hybridized carbons (Fsp3) is 0.500. The molecule has 0 bridgehead atoms. The van der Waals surface area contributed by atoms with Gasteiger partial charge in [0, 0.05) is 13.1 Å². The predicted molar refractivity (Wildman–Crippen MR) is 93.1 cm³/mol. The van der Waals surface area contributed by atoms with Crippen molar-refractivity contribution in [1.82, 2.24) is 26.1 Å². The highest BCUT2D eigenvalue weighted by atomic mass is 16.6. The molecule has 1 amide bonds. The second-order valence-corrected chi connectivity index (χ2v) is 6.81. The number of aryl methyl sites for hydroxylation is 1. The predicted octanol–water partition coefficient (Wildman–Crippen LogP) is 1.52. The average Bonchev–Trinajstić information content (AvgIpc) is 3.41. The van der Waals surface area contributed by atoms with Gasteiger partial charge in [-0.25, -0.2) is 10.1 Å². The van der Waals surface area contributed by atoms with E-state index in [1.54, 1.807) is 7.11 Å². The topological polar surface area (TPSA) is 92.5 Å². The lowest BCUT2D eigenvalue weighted by atomic mass is 9.93. The van der Waals surface area contributed by atoms with Gasteiger partial charge >= 0.3 is 0 Å². The van der Waals surface area contributed by atoms with E-state index in [0.717, 1.165) is 42.1 Å². The number of ether oxygens (including phenoxy) is 1. The van der Waals surface area contributed by atoms with Crippen LogP contribution in [0.1, 0.15) is 41.9 Å². The molecule has 8 nitrogen and oxygen atoms in total. The van der Waals surface area contributed by atoms with Gasteiger partial charge in [0.25, 0.3) is 0 Å². The molecular formula is C18H23N5O3. The molecule has 4 rings (SSSR count). The molecule has 1 aromatic carbocycles. The average molecular weight is 357 g/mol. The maximum atomic E-state index is 13.3. The smallest absolute Gasteiger partial charge is 0.229 e. The van der Waals surface area contributed by atoms with Gasteiger partial charge < -0.3 is 9.64 Å². The highest BCUT2D eigenvalue weighted by Crippen LogP contribution is 2.36. The van der Waals surface area contributed by atoms with Crippen LogP contribution in [0.2, 0.25) is 0 Å². The third kappa shape index (κ3) is 2.95. The summed E-state index contributed by atoms with van der Waals surface area (Å²) in [6.45, 7) is 3.18. The van der Waals surface area contributed by atoms with E-state index < -0.39 is 0 Å². The summed E-state index contributed by atoms with van der Waals surface area (Å²) >= 11 is 0. The van der Waals surface area contributed by atoms with Crippen molar-refractivity contribution in [2.75, 3.05) is 20.2 Å². The van der Waals surface area contributed by atoms with Gasteiger partial charge in [0.15, 0.2) is 0 Å². The zero-order valence-corrected chi connectivity index (χ0v) is 14.9. The lowest BCUT2D eigenvalue weighted by Gasteiger charge is -2.28. The fourth-order valence-electron chi connectivity index (χ4n) is 3.95. The highest BCUT2D eigenvalue weighted by Gasteiger charge is 2.41. The Kier molecular flexibility index (Phi) is 4.60. The van der Waals surface area contributed by atoms with Crippen molar-refractivity contribution in [2.45, 2.75) is 31.8 Å². The molecule has 0 aliphatic carbocycles. The minimum absolute atomic E-state index is 0.0553. The standard InChI is InChI=1S/C18H23N5O3/c1-11-16(22-26-21-11)15-7-4-8-23(15)18(24)14-10-19-20-17(14)12-5-3-6-13(9-12)25-2/h3,5-6,9,14-15,17,19-20H,4,7-8,10H2,1-2H3. The zero-order valence-electron chi connectivity index (χ0n) is 14.9. The van der Waals surface area contributed by atoms with Gasteiger partial charge in [-0.1, -0.05) is 22.4 Å². The van der Waals surface area contributed by atoms with Gasteiger partial charge in [-0.3, -0.25) is 10.2 Å². The van der Waals surface area contributed by atoms with Crippen LogP contribution in [-0.2, 0) is 4.79 Å². The highest BCUT2D eigenvalue weighted by molar-refractivity contribution is 5.81. The van der Waals surface area contributed by atoms with Crippen LogP contribution in [0.15, 0.2) is 28.9 Å². The number of hydrogen-bond acceptors (Lipinski definition) is 7. The van der Waals surface area contributed by atoms with Crippen molar-refractivity contribution in [1.29, 1.82) is 0 Å². The molecular weight excluding hydrogens is 334 g/mol. The lowest BCUT2D eigenvalue weighted by Crippen LogP contribution is -2.39. The molecule has 2 fully saturated rings. The van der Waals surface area contributed by atoms with Crippen molar-refractivity contribution < 1.29 is 14.2 Å². The number of carbonyl (C=O) groups excluding carboxylic acids is 1. The summed E-state index contributed by atoms with van der Waals surface area (Å²) in [5.74, 6) is 0.717. The molecule has 26 heavy (non-hydrogen) atoms. The monoisotopic (exact) mass is 357 g/mol. The van der Waals surface area contributed by atoms with Gasteiger partial charge in [-0.15, -0.1) is 0 Å². The summed E-state index contributed by atoms with van der Waals surface area (Å²) in [7, 11) is 1.64. The van der Waals surface area contributed by atoms with E-state index in [0.29, 0.717) is 6.54 Å². The van der Waals surface area contributed by atoms with Crippen LogP contribution in [0.3, 0.4) is 0 Å². The van der Waals surface area contributed by atoms with Gasteiger partial charge in [0.1, 0.15) is 17.1 Å². The minimum atomic E-state index is -0.192. The van der Waals surface area contributed by atoms with Crippen LogP contribution in [-0.4, -0.2) is 41.3 Å². The van der Waals surface area contributed by atoms with Crippen molar-refractivity contribution in [3.63, 3.8) is 0 Å². The van der Waals surface area contributed by atoms with Crippen LogP contribution in [0.4, 0.5) is 0 Å². The maximum Gasteiger partial charge on any atom is 0.229 e. The van der Waals surface area contributed by atoms with Gasteiger partial charge in [-0.2, -0.15) is 0 Å². The van der Waals surface area contributed by atoms with Crippen molar-refractivity contribution in [3.05, 3.63) is 41.2 Å². The molecule has 8 heteroatoms. The number of nitrogens with one attached hydrogen (secondary N) is 2. The molecule has 2 aliphatic heterocycles. The Hall–Kier alpha value is -2.45. The molecule has 0 radical (unpaired) electrons. The number of carbonyl (C=O) groups is 1. The Bertz CT molecular complexity index is 793. The second kappa shape index (κ2) is 7.05. The van der Waals surface area contributed by atoms with E-state index >= 15 is 0 Å². The molecule has 1 aromatic heterocycles. The number of rotatable bonds is 4. The van der Waals surface area contributed by atoms with Crippen LogP contribution in [0, 0.1) is 12.8 Å². The summed E-state index contributed by atoms with van der Waals surface area (Å²) in [5.41, 5.74) is 8.93. The van der Waals surface area contributed by atoms with Gasteiger partial charge in [-0.05, 0) is 37.5 Å². The van der Waals surface area contributed by atoms with E-state index in [4.69, 9.17) is 9.37 Å². The Labute approximate surface area is 151 Å². The summed E-state index contributed by atoms with van der Waals surface area (Å²) in [5, 5.41) is 7.90. The van der Waals surface area contributed by atoms with E-state index in [1.165, 1.54) is 0 Å². The molecule has 2 N–H and O–H groups in total. The van der Waals surface area contributed by atoms with Crippen LogP contribution >= 0.6 is 0 Å². The molecule has 0 saturated carbocycles. The summed E-state index contributed by atoms with van der Waals surface area (Å²) in [6, 6.07) is 7.67. The Balaban J connectivity index is 1.57. The van der Waals surface area contributed by atoms with E-state index in [1.807, 2.05) is 36.1 Å². The summed E-state index contributed by atoms with van der Waals surface area (Å²) < 4.78 is 10.2. The first kappa shape index (κ1) is 17.0. The molecule has 3 atom stereocenters. The largest absolute Gasteiger partial charge is 0.497 e. The Morgan fingerprint density at radius 1 is 1.38 bits per heavy atom. The van der Waals surface area contributed by atoms with Crippen molar-refractivity contribution in [3.8, 4) is 5.75 Å². The number of aromatic nitrogens is 2. The molecule has 3 heterocycles. The third-order valence-corrected chi connectivity index (χ3v) is 5.29.